The van der Waals surface area contributed by atoms with Gasteiger partial charge in [0.1, 0.15) is 0 Å². The second-order valence-corrected chi connectivity index (χ2v) is 3.67. The van der Waals surface area contributed by atoms with Gasteiger partial charge in [0, 0.05) is 0 Å². The highest BCUT2D eigenvalue weighted by Gasteiger charge is 2.20. The summed E-state index contributed by atoms with van der Waals surface area (Å²) in [6, 6.07) is 3.75. The molecular formula is C10H9ClF2O3. The van der Waals surface area contributed by atoms with Crippen molar-refractivity contribution in [3.63, 3.8) is 0 Å². The lowest BCUT2D eigenvalue weighted by atomic mass is 10.1. The molecule has 0 aliphatic heterocycles. The molecule has 1 aromatic carbocycles. The molecule has 0 aliphatic carbocycles. The Labute approximate surface area is 95.6 Å². The Morgan fingerprint density at radius 2 is 2.12 bits per heavy atom. The number of carbonyl (C=O) groups is 1. The van der Waals surface area contributed by atoms with Crippen LogP contribution < -0.4 is 4.74 Å². The molecule has 0 radical (unpaired) electrons. The summed E-state index contributed by atoms with van der Waals surface area (Å²) in [5.74, 6) is -1.63. The molecule has 1 aromatic rings. The summed E-state index contributed by atoms with van der Waals surface area (Å²) in [5, 5.41) is 8.67. The Morgan fingerprint density at radius 1 is 1.50 bits per heavy atom. The van der Waals surface area contributed by atoms with E-state index in [4.69, 9.17) is 11.6 Å². The summed E-state index contributed by atoms with van der Waals surface area (Å²) in [6.07, 6.45) is 0. The molecule has 1 N–H and O–H groups in total. The minimum absolute atomic E-state index is 0.138. The molecule has 1 atom stereocenters. The van der Waals surface area contributed by atoms with Crippen LogP contribution in [0.4, 0.5) is 8.78 Å². The lowest BCUT2D eigenvalue weighted by Crippen LogP contribution is -2.11. The maximum Gasteiger partial charge on any atom is 0.387 e. The first-order valence-electron chi connectivity index (χ1n) is 4.38. The molecule has 1 unspecified atom stereocenters. The van der Waals surface area contributed by atoms with Crippen molar-refractivity contribution in [2.45, 2.75) is 18.9 Å². The van der Waals surface area contributed by atoms with E-state index in [-0.39, 0.29) is 5.56 Å². The lowest BCUT2D eigenvalue weighted by molar-refractivity contribution is -0.0513. The molecule has 6 heteroatoms. The van der Waals surface area contributed by atoms with E-state index in [1.807, 2.05) is 0 Å². The van der Waals surface area contributed by atoms with Crippen molar-refractivity contribution in [2.75, 3.05) is 0 Å². The van der Waals surface area contributed by atoms with Gasteiger partial charge in [-0.2, -0.15) is 8.78 Å². The van der Waals surface area contributed by atoms with Crippen molar-refractivity contribution in [3.05, 3.63) is 23.8 Å². The van der Waals surface area contributed by atoms with E-state index in [1.54, 1.807) is 0 Å². The average molecular weight is 251 g/mol. The Morgan fingerprint density at radius 3 is 2.62 bits per heavy atom. The number of hydrogen-bond donors (Lipinski definition) is 1. The van der Waals surface area contributed by atoms with Gasteiger partial charge in [0.2, 0.25) is 0 Å². The molecule has 1 rings (SSSR count). The summed E-state index contributed by atoms with van der Waals surface area (Å²) >= 11 is 5.54. The maximum atomic E-state index is 11.9. The van der Waals surface area contributed by atoms with Crippen LogP contribution in [-0.2, 0) is 0 Å². The minimum Gasteiger partial charge on any atom is -0.504 e. The molecular weight excluding hydrogens is 242 g/mol. The van der Waals surface area contributed by atoms with E-state index in [2.05, 4.69) is 4.74 Å². The summed E-state index contributed by atoms with van der Waals surface area (Å²) in [4.78, 5) is 11.5. The molecule has 3 nitrogen and oxygen atoms in total. The number of carbonyl (C=O) groups excluding carboxylic acids is 1. The monoisotopic (exact) mass is 250 g/mol. The van der Waals surface area contributed by atoms with E-state index in [9.17, 15) is 18.7 Å². The van der Waals surface area contributed by atoms with Gasteiger partial charge in [-0.3, -0.25) is 4.79 Å². The SMILES string of the molecule is CC(Cl)C(=O)c1cccc(OC(F)F)c1O. The van der Waals surface area contributed by atoms with Gasteiger partial charge in [0.15, 0.2) is 17.3 Å². The summed E-state index contributed by atoms with van der Waals surface area (Å²) in [7, 11) is 0. The fourth-order valence-electron chi connectivity index (χ4n) is 1.13. The third kappa shape index (κ3) is 2.82. The topological polar surface area (TPSA) is 46.5 Å². The number of rotatable bonds is 4. The van der Waals surface area contributed by atoms with Crippen molar-refractivity contribution in [2.24, 2.45) is 0 Å². The number of benzene rings is 1. The number of halogens is 3. The first-order chi connectivity index (χ1) is 7.43. The predicted octanol–water partition coefficient (Wildman–Crippen LogP) is 2.80. The van der Waals surface area contributed by atoms with Crippen LogP contribution in [0.5, 0.6) is 11.5 Å². The van der Waals surface area contributed by atoms with E-state index in [1.165, 1.54) is 19.1 Å². The summed E-state index contributed by atoms with van der Waals surface area (Å²) in [5.41, 5.74) is -0.138. The van der Waals surface area contributed by atoms with Gasteiger partial charge in [0.05, 0.1) is 10.9 Å². The van der Waals surface area contributed by atoms with Crippen LogP contribution in [-0.4, -0.2) is 22.9 Å². The molecule has 0 amide bonds. The molecule has 16 heavy (non-hydrogen) atoms. The number of Topliss-reactive ketones (excluding diaryl/α,β-unsaturated/α-hetero) is 1. The maximum absolute atomic E-state index is 11.9. The van der Waals surface area contributed by atoms with E-state index >= 15 is 0 Å². The fraction of sp³-hybridized carbons (Fsp3) is 0.300. The quantitative estimate of drug-likeness (QED) is 0.660. The van der Waals surface area contributed by atoms with Gasteiger partial charge >= 0.3 is 6.61 Å². The third-order valence-corrected chi connectivity index (χ3v) is 2.04. The second-order valence-electron chi connectivity index (χ2n) is 3.01. The van der Waals surface area contributed by atoms with E-state index < -0.39 is 29.3 Å². The van der Waals surface area contributed by atoms with Crippen LogP contribution in [0.25, 0.3) is 0 Å². The third-order valence-electron chi connectivity index (χ3n) is 1.84. The zero-order valence-electron chi connectivity index (χ0n) is 8.28. The lowest BCUT2D eigenvalue weighted by Gasteiger charge is -2.10. The molecule has 0 aromatic heterocycles. The van der Waals surface area contributed by atoms with Gasteiger partial charge in [-0.05, 0) is 19.1 Å². The van der Waals surface area contributed by atoms with Crippen LogP contribution in [0.1, 0.15) is 17.3 Å². The number of hydrogen-bond acceptors (Lipinski definition) is 3. The zero-order valence-corrected chi connectivity index (χ0v) is 9.04. The predicted molar refractivity (Wildman–Crippen MR) is 54.4 cm³/mol. The standard InChI is InChI=1S/C10H9ClF2O3/c1-5(11)8(14)6-3-2-4-7(9(6)15)16-10(12)13/h2-5,10,15H,1H3. The number of ketones is 1. The second kappa shape index (κ2) is 5.12. The fourth-order valence-corrected chi connectivity index (χ4v) is 1.24. The highest BCUT2D eigenvalue weighted by molar-refractivity contribution is 6.34. The van der Waals surface area contributed by atoms with Crippen LogP contribution in [0.2, 0.25) is 0 Å². The highest BCUT2D eigenvalue weighted by atomic mass is 35.5. The minimum atomic E-state index is -3.07. The molecule has 0 saturated heterocycles. The Hall–Kier alpha value is -1.36. The molecule has 0 bridgehead atoms. The van der Waals surface area contributed by atoms with Crippen molar-refractivity contribution in [1.82, 2.24) is 0 Å². The van der Waals surface area contributed by atoms with Crippen LogP contribution >= 0.6 is 11.6 Å². The van der Waals surface area contributed by atoms with Crippen molar-refractivity contribution in [3.8, 4) is 11.5 Å². The summed E-state index contributed by atoms with van der Waals surface area (Å²) < 4.78 is 27.9. The van der Waals surface area contributed by atoms with Crippen molar-refractivity contribution in [1.29, 1.82) is 0 Å². The molecule has 0 spiro atoms. The van der Waals surface area contributed by atoms with Gasteiger partial charge in [-0.15, -0.1) is 11.6 Å². The van der Waals surface area contributed by atoms with E-state index in [0.717, 1.165) is 6.07 Å². The molecule has 0 saturated carbocycles. The first-order valence-corrected chi connectivity index (χ1v) is 4.82. The Balaban J connectivity index is 3.08. The normalized spacial score (nSPS) is 12.6. The number of para-hydroxylation sites is 1. The van der Waals surface area contributed by atoms with Gasteiger partial charge in [0.25, 0.3) is 0 Å². The number of ether oxygens (including phenoxy) is 1. The van der Waals surface area contributed by atoms with Gasteiger partial charge in [-0.1, -0.05) is 6.07 Å². The van der Waals surface area contributed by atoms with E-state index in [0.29, 0.717) is 0 Å². The van der Waals surface area contributed by atoms with Crippen LogP contribution in [0, 0.1) is 0 Å². The number of alkyl halides is 3. The van der Waals surface area contributed by atoms with Crippen LogP contribution in [0.3, 0.4) is 0 Å². The van der Waals surface area contributed by atoms with Gasteiger partial charge < -0.3 is 9.84 Å². The van der Waals surface area contributed by atoms with Crippen LogP contribution in [0.15, 0.2) is 18.2 Å². The summed E-state index contributed by atoms with van der Waals surface area (Å²) in [6.45, 7) is -1.64. The zero-order chi connectivity index (χ0) is 12.3. The number of phenols is 1. The highest BCUT2D eigenvalue weighted by Crippen LogP contribution is 2.32. The molecule has 88 valence electrons. The Bertz CT molecular complexity index is 394. The first kappa shape index (κ1) is 12.7. The molecule has 0 fully saturated rings. The smallest absolute Gasteiger partial charge is 0.387 e. The number of aromatic hydroxyl groups is 1. The number of phenolic OH excluding ortho intramolecular Hbond substituents is 1. The molecule has 0 heterocycles. The Kier molecular flexibility index (Phi) is 4.06. The largest absolute Gasteiger partial charge is 0.504 e. The average Bonchev–Trinajstić information content (AvgIpc) is 2.19. The van der Waals surface area contributed by atoms with Gasteiger partial charge in [-0.25, -0.2) is 0 Å². The molecule has 0 aliphatic rings. The van der Waals surface area contributed by atoms with Crippen molar-refractivity contribution >= 4 is 17.4 Å². The van der Waals surface area contributed by atoms with Crippen molar-refractivity contribution < 1.29 is 23.4 Å².